The van der Waals surface area contributed by atoms with E-state index in [0.717, 1.165) is 12.8 Å². The summed E-state index contributed by atoms with van der Waals surface area (Å²) in [5.74, 6) is -0.142. The summed E-state index contributed by atoms with van der Waals surface area (Å²) in [5.41, 5.74) is 0. The summed E-state index contributed by atoms with van der Waals surface area (Å²) in [6.07, 6.45) is 2.99. The standard InChI is InChI=1S/C12H23NO3/c1-5-6-7-10(12(15)16-4)13-11(14)8-9(2)3/h9-10H,5-8H2,1-4H3,(H,13,14)/t10-/m1/s1. The number of carbonyl (C=O) groups excluding carboxylic acids is 2. The van der Waals surface area contributed by atoms with Gasteiger partial charge in [-0.2, -0.15) is 0 Å². The molecule has 0 saturated heterocycles. The molecular weight excluding hydrogens is 206 g/mol. The molecule has 16 heavy (non-hydrogen) atoms. The van der Waals surface area contributed by atoms with Gasteiger partial charge in [-0.15, -0.1) is 0 Å². The third-order valence-electron chi connectivity index (χ3n) is 2.26. The Labute approximate surface area is 97.7 Å². The average molecular weight is 229 g/mol. The maximum Gasteiger partial charge on any atom is 0.328 e. The van der Waals surface area contributed by atoms with E-state index in [-0.39, 0.29) is 11.9 Å². The molecule has 0 aromatic rings. The van der Waals surface area contributed by atoms with Crippen molar-refractivity contribution in [3.63, 3.8) is 0 Å². The van der Waals surface area contributed by atoms with Crippen molar-refractivity contribution in [1.29, 1.82) is 0 Å². The normalized spacial score (nSPS) is 12.3. The quantitative estimate of drug-likeness (QED) is 0.678. The van der Waals surface area contributed by atoms with Crippen molar-refractivity contribution in [1.82, 2.24) is 5.32 Å². The summed E-state index contributed by atoms with van der Waals surface area (Å²) in [7, 11) is 1.34. The summed E-state index contributed by atoms with van der Waals surface area (Å²) >= 11 is 0. The lowest BCUT2D eigenvalue weighted by Crippen LogP contribution is -2.41. The Bertz CT molecular complexity index is 226. The SMILES string of the molecule is CCCC[C@@H](NC(=O)CC(C)C)C(=O)OC. The molecule has 0 aliphatic carbocycles. The number of unbranched alkanes of at least 4 members (excludes halogenated alkanes) is 1. The predicted octanol–water partition coefficient (Wildman–Crippen LogP) is 1.88. The number of hydrogen-bond donors (Lipinski definition) is 1. The van der Waals surface area contributed by atoms with Crippen LogP contribution in [-0.2, 0) is 14.3 Å². The summed E-state index contributed by atoms with van der Waals surface area (Å²) in [4.78, 5) is 22.9. The highest BCUT2D eigenvalue weighted by Crippen LogP contribution is 2.05. The number of hydrogen-bond acceptors (Lipinski definition) is 3. The highest BCUT2D eigenvalue weighted by Gasteiger charge is 2.20. The summed E-state index contributed by atoms with van der Waals surface area (Å²) in [5, 5.41) is 2.72. The van der Waals surface area contributed by atoms with Gasteiger partial charge in [-0.3, -0.25) is 4.79 Å². The van der Waals surface area contributed by atoms with Crippen LogP contribution in [0.5, 0.6) is 0 Å². The first-order chi connectivity index (χ1) is 7.51. The monoisotopic (exact) mass is 229 g/mol. The Morgan fingerprint density at radius 3 is 2.38 bits per heavy atom. The van der Waals surface area contributed by atoms with Crippen LogP contribution in [-0.4, -0.2) is 25.0 Å². The highest BCUT2D eigenvalue weighted by molar-refractivity contribution is 5.84. The molecule has 0 saturated carbocycles. The van der Waals surface area contributed by atoms with Gasteiger partial charge in [0.1, 0.15) is 6.04 Å². The van der Waals surface area contributed by atoms with Crippen molar-refractivity contribution >= 4 is 11.9 Å². The number of esters is 1. The molecule has 4 nitrogen and oxygen atoms in total. The van der Waals surface area contributed by atoms with Crippen molar-refractivity contribution < 1.29 is 14.3 Å². The highest BCUT2D eigenvalue weighted by atomic mass is 16.5. The van der Waals surface area contributed by atoms with Crippen LogP contribution < -0.4 is 5.32 Å². The van der Waals surface area contributed by atoms with Crippen LogP contribution >= 0.6 is 0 Å². The van der Waals surface area contributed by atoms with Gasteiger partial charge in [0.2, 0.25) is 5.91 Å². The number of rotatable bonds is 7. The van der Waals surface area contributed by atoms with E-state index in [1.54, 1.807) is 0 Å². The van der Waals surface area contributed by atoms with E-state index >= 15 is 0 Å². The Morgan fingerprint density at radius 2 is 1.94 bits per heavy atom. The van der Waals surface area contributed by atoms with Crippen LogP contribution in [0, 0.1) is 5.92 Å². The molecule has 94 valence electrons. The van der Waals surface area contributed by atoms with Gasteiger partial charge < -0.3 is 10.1 Å². The minimum Gasteiger partial charge on any atom is -0.467 e. The third kappa shape index (κ3) is 6.43. The minimum absolute atomic E-state index is 0.0819. The van der Waals surface area contributed by atoms with Gasteiger partial charge >= 0.3 is 5.97 Å². The Hall–Kier alpha value is -1.06. The topological polar surface area (TPSA) is 55.4 Å². The first-order valence-electron chi connectivity index (χ1n) is 5.88. The van der Waals surface area contributed by atoms with Crippen molar-refractivity contribution in [3.8, 4) is 0 Å². The van der Waals surface area contributed by atoms with Gasteiger partial charge in [0.05, 0.1) is 7.11 Å². The largest absolute Gasteiger partial charge is 0.467 e. The molecule has 0 aliphatic rings. The fourth-order valence-corrected chi connectivity index (χ4v) is 1.42. The zero-order valence-electron chi connectivity index (χ0n) is 10.7. The summed E-state index contributed by atoms with van der Waals surface area (Å²) < 4.78 is 4.66. The van der Waals surface area contributed by atoms with Gasteiger partial charge in [-0.25, -0.2) is 4.79 Å². The molecule has 1 N–H and O–H groups in total. The Kier molecular flexibility index (Phi) is 7.60. The molecule has 0 aliphatic heterocycles. The van der Waals surface area contributed by atoms with E-state index in [2.05, 4.69) is 10.1 Å². The molecule has 1 amide bonds. The molecule has 0 heterocycles. The molecule has 0 rings (SSSR count). The second-order valence-corrected chi connectivity index (χ2v) is 4.38. The van der Waals surface area contributed by atoms with E-state index < -0.39 is 6.04 Å². The number of carbonyl (C=O) groups is 2. The zero-order chi connectivity index (χ0) is 12.6. The van der Waals surface area contributed by atoms with Gasteiger partial charge in [-0.1, -0.05) is 33.6 Å². The fourth-order valence-electron chi connectivity index (χ4n) is 1.42. The van der Waals surface area contributed by atoms with Crippen LogP contribution in [0.4, 0.5) is 0 Å². The maximum absolute atomic E-state index is 11.5. The first kappa shape index (κ1) is 14.9. The average Bonchev–Trinajstić information content (AvgIpc) is 2.21. The Morgan fingerprint density at radius 1 is 1.31 bits per heavy atom. The van der Waals surface area contributed by atoms with Gasteiger partial charge in [0, 0.05) is 6.42 Å². The van der Waals surface area contributed by atoms with Gasteiger partial charge in [-0.05, 0) is 12.3 Å². The van der Waals surface area contributed by atoms with Crippen molar-refractivity contribution in [2.75, 3.05) is 7.11 Å². The fraction of sp³-hybridized carbons (Fsp3) is 0.833. The lowest BCUT2D eigenvalue weighted by molar-refractivity contribution is -0.145. The van der Waals surface area contributed by atoms with Crippen molar-refractivity contribution in [2.45, 2.75) is 52.5 Å². The van der Waals surface area contributed by atoms with Gasteiger partial charge in [0.25, 0.3) is 0 Å². The molecule has 0 radical (unpaired) electrons. The lowest BCUT2D eigenvalue weighted by atomic mass is 10.1. The van der Waals surface area contributed by atoms with E-state index in [4.69, 9.17) is 0 Å². The molecule has 0 unspecified atom stereocenters. The Balaban J connectivity index is 4.19. The molecule has 0 aromatic carbocycles. The summed E-state index contributed by atoms with van der Waals surface area (Å²) in [6.45, 7) is 5.99. The minimum atomic E-state index is -0.490. The molecule has 0 aromatic heterocycles. The molecule has 4 heteroatoms. The van der Waals surface area contributed by atoms with Crippen LogP contribution in [0.15, 0.2) is 0 Å². The van der Waals surface area contributed by atoms with Crippen LogP contribution in [0.2, 0.25) is 0 Å². The maximum atomic E-state index is 11.5. The zero-order valence-corrected chi connectivity index (χ0v) is 10.7. The number of ether oxygens (including phenoxy) is 1. The molecule has 0 spiro atoms. The second-order valence-electron chi connectivity index (χ2n) is 4.38. The van der Waals surface area contributed by atoms with E-state index in [1.165, 1.54) is 7.11 Å². The van der Waals surface area contributed by atoms with Gasteiger partial charge in [0.15, 0.2) is 0 Å². The molecular formula is C12H23NO3. The van der Waals surface area contributed by atoms with Crippen LogP contribution in [0.1, 0.15) is 46.5 Å². The molecule has 0 fully saturated rings. The van der Waals surface area contributed by atoms with E-state index in [1.807, 2.05) is 20.8 Å². The smallest absolute Gasteiger partial charge is 0.328 e. The van der Waals surface area contributed by atoms with E-state index in [0.29, 0.717) is 18.8 Å². The molecule has 1 atom stereocenters. The lowest BCUT2D eigenvalue weighted by Gasteiger charge is -2.16. The van der Waals surface area contributed by atoms with E-state index in [9.17, 15) is 9.59 Å². The van der Waals surface area contributed by atoms with Crippen LogP contribution in [0.25, 0.3) is 0 Å². The first-order valence-corrected chi connectivity index (χ1v) is 5.88. The third-order valence-corrected chi connectivity index (χ3v) is 2.26. The number of amides is 1. The summed E-state index contributed by atoms with van der Waals surface area (Å²) in [6, 6.07) is -0.490. The number of methoxy groups -OCH3 is 1. The second kappa shape index (κ2) is 8.13. The molecule has 0 bridgehead atoms. The van der Waals surface area contributed by atoms with Crippen LogP contribution in [0.3, 0.4) is 0 Å². The number of nitrogens with one attached hydrogen (secondary N) is 1. The predicted molar refractivity (Wildman–Crippen MR) is 62.9 cm³/mol. The van der Waals surface area contributed by atoms with Crippen molar-refractivity contribution in [3.05, 3.63) is 0 Å². The van der Waals surface area contributed by atoms with Crippen molar-refractivity contribution in [2.24, 2.45) is 5.92 Å².